The highest BCUT2D eigenvalue weighted by molar-refractivity contribution is 7.92. The van der Waals surface area contributed by atoms with Crippen molar-refractivity contribution in [1.29, 1.82) is 0 Å². The zero-order valence-electron chi connectivity index (χ0n) is 13.6. The van der Waals surface area contributed by atoms with E-state index in [1.165, 1.54) is 32.4 Å². The van der Waals surface area contributed by atoms with Gasteiger partial charge in [-0.3, -0.25) is 0 Å². The molecule has 8 nitrogen and oxygen atoms in total. The number of H-pyrrole nitrogens is 1. The summed E-state index contributed by atoms with van der Waals surface area (Å²) < 4.78 is 37.6. The highest BCUT2D eigenvalue weighted by Gasteiger charge is 2.19. The van der Waals surface area contributed by atoms with Crippen molar-refractivity contribution in [2.24, 2.45) is 0 Å². The maximum atomic E-state index is 12.5. The Kier molecular flexibility index (Phi) is 4.57. The van der Waals surface area contributed by atoms with Crippen LogP contribution in [0.5, 0.6) is 11.5 Å². The molecule has 0 aliphatic carbocycles. The van der Waals surface area contributed by atoms with Gasteiger partial charge in [0.25, 0.3) is 10.0 Å². The largest absolute Gasteiger partial charge is 0.493 e. The predicted molar refractivity (Wildman–Crippen MR) is 92.2 cm³/mol. The molecular weight excluding hydrogens is 344 g/mol. The molecule has 2 N–H and O–H groups in total. The summed E-state index contributed by atoms with van der Waals surface area (Å²) in [7, 11) is -0.948. The van der Waals surface area contributed by atoms with Crippen molar-refractivity contribution in [3.63, 3.8) is 0 Å². The summed E-state index contributed by atoms with van der Waals surface area (Å²) in [6.07, 6.45) is 0. The van der Waals surface area contributed by atoms with Crippen molar-refractivity contribution in [3.05, 3.63) is 48.5 Å². The average Bonchev–Trinajstić information content (AvgIpc) is 3.09. The quantitative estimate of drug-likeness (QED) is 0.698. The summed E-state index contributed by atoms with van der Waals surface area (Å²) in [6, 6.07) is 13.5. The van der Waals surface area contributed by atoms with Gasteiger partial charge in [-0.05, 0) is 12.1 Å². The number of methoxy groups -OCH3 is 2. The van der Waals surface area contributed by atoms with Crippen molar-refractivity contribution >= 4 is 16.0 Å². The average molecular weight is 360 g/mol. The van der Waals surface area contributed by atoms with E-state index >= 15 is 0 Å². The topological polar surface area (TPSA) is 106 Å². The first-order chi connectivity index (χ1) is 12.0. The van der Waals surface area contributed by atoms with Gasteiger partial charge < -0.3 is 9.47 Å². The van der Waals surface area contributed by atoms with E-state index in [9.17, 15) is 8.42 Å². The molecule has 0 spiro atoms. The number of hydrogen-bond acceptors (Lipinski definition) is 6. The van der Waals surface area contributed by atoms with Crippen molar-refractivity contribution in [1.82, 2.24) is 15.2 Å². The van der Waals surface area contributed by atoms with Gasteiger partial charge in [0, 0.05) is 11.6 Å². The number of ether oxygens (including phenoxy) is 2. The summed E-state index contributed by atoms with van der Waals surface area (Å²) in [4.78, 5) is 4.17. The molecule has 130 valence electrons. The number of aromatic nitrogens is 3. The maximum absolute atomic E-state index is 12.5. The van der Waals surface area contributed by atoms with E-state index in [0.29, 0.717) is 17.3 Å². The number of benzene rings is 2. The second-order valence-corrected chi connectivity index (χ2v) is 6.68. The summed E-state index contributed by atoms with van der Waals surface area (Å²) in [5, 5.41) is 6.59. The van der Waals surface area contributed by atoms with Crippen molar-refractivity contribution in [2.75, 3.05) is 18.9 Å². The minimum Gasteiger partial charge on any atom is -0.493 e. The molecule has 1 aromatic heterocycles. The lowest BCUT2D eigenvalue weighted by Crippen LogP contribution is -2.14. The molecule has 3 rings (SSSR count). The van der Waals surface area contributed by atoms with E-state index in [1.807, 2.05) is 30.3 Å². The minimum absolute atomic E-state index is 0.0165. The van der Waals surface area contributed by atoms with Gasteiger partial charge in [-0.15, -0.1) is 0 Å². The third-order valence-electron chi connectivity index (χ3n) is 3.41. The monoisotopic (exact) mass is 360 g/mol. The molecule has 0 aliphatic heterocycles. The molecule has 25 heavy (non-hydrogen) atoms. The highest BCUT2D eigenvalue weighted by Crippen LogP contribution is 2.30. The van der Waals surface area contributed by atoms with Crippen LogP contribution in [0.15, 0.2) is 53.4 Å². The lowest BCUT2D eigenvalue weighted by Gasteiger charge is -2.10. The summed E-state index contributed by atoms with van der Waals surface area (Å²) in [5.74, 6) is 1.17. The molecule has 3 aromatic rings. The van der Waals surface area contributed by atoms with Gasteiger partial charge in [-0.2, -0.15) is 10.1 Å². The molecule has 2 aromatic carbocycles. The van der Waals surface area contributed by atoms with E-state index in [0.717, 1.165) is 5.56 Å². The number of nitrogens with one attached hydrogen (secondary N) is 2. The maximum Gasteiger partial charge on any atom is 0.264 e. The lowest BCUT2D eigenvalue weighted by atomic mass is 10.2. The Morgan fingerprint density at radius 2 is 1.72 bits per heavy atom. The first-order valence-corrected chi connectivity index (χ1v) is 8.74. The van der Waals surface area contributed by atoms with E-state index in [4.69, 9.17) is 9.47 Å². The second-order valence-electron chi connectivity index (χ2n) is 5.00. The van der Waals surface area contributed by atoms with Crippen LogP contribution in [0, 0.1) is 0 Å². The Balaban J connectivity index is 1.86. The summed E-state index contributed by atoms with van der Waals surface area (Å²) >= 11 is 0. The van der Waals surface area contributed by atoms with Gasteiger partial charge >= 0.3 is 0 Å². The van der Waals surface area contributed by atoms with Gasteiger partial charge in [-0.1, -0.05) is 30.3 Å². The number of aromatic amines is 1. The molecule has 0 amide bonds. The highest BCUT2D eigenvalue weighted by atomic mass is 32.2. The zero-order chi connectivity index (χ0) is 17.9. The number of hydrogen-bond donors (Lipinski definition) is 2. The Morgan fingerprint density at radius 3 is 2.40 bits per heavy atom. The fourth-order valence-corrected chi connectivity index (χ4v) is 3.17. The Bertz CT molecular complexity index is 971. The van der Waals surface area contributed by atoms with Crippen molar-refractivity contribution in [2.45, 2.75) is 4.90 Å². The van der Waals surface area contributed by atoms with Gasteiger partial charge in [0.15, 0.2) is 17.3 Å². The molecule has 0 unspecified atom stereocenters. The third-order valence-corrected chi connectivity index (χ3v) is 4.75. The summed E-state index contributed by atoms with van der Waals surface area (Å²) in [5.41, 5.74) is 0.773. The fraction of sp³-hybridized carbons (Fsp3) is 0.125. The van der Waals surface area contributed by atoms with E-state index in [-0.39, 0.29) is 10.8 Å². The zero-order valence-corrected chi connectivity index (χ0v) is 14.4. The number of sulfonamides is 1. The molecule has 9 heteroatoms. The van der Waals surface area contributed by atoms with Crippen LogP contribution in [0.2, 0.25) is 0 Å². The van der Waals surface area contributed by atoms with Gasteiger partial charge in [0.2, 0.25) is 5.95 Å². The molecule has 0 radical (unpaired) electrons. The molecule has 0 fully saturated rings. The van der Waals surface area contributed by atoms with Crippen LogP contribution >= 0.6 is 0 Å². The van der Waals surface area contributed by atoms with Crippen LogP contribution < -0.4 is 14.2 Å². The molecular formula is C16H16N4O4S. The minimum atomic E-state index is -3.86. The first-order valence-electron chi connectivity index (χ1n) is 7.26. The van der Waals surface area contributed by atoms with E-state index in [2.05, 4.69) is 19.9 Å². The van der Waals surface area contributed by atoms with Crippen molar-refractivity contribution in [3.8, 4) is 22.9 Å². The van der Waals surface area contributed by atoms with Gasteiger partial charge in [0.05, 0.1) is 19.1 Å². The van der Waals surface area contributed by atoms with Crippen LogP contribution in [0.1, 0.15) is 0 Å². The normalized spacial score (nSPS) is 11.1. The van der Waals surface area contributed by atoms with Gasteiger partial charge in [-0.25, -0.2) is 18.2 Å². The fourth-order valence-electron chi connectivity index (χ4n) is 2.19. The predicted octanol–water partition coefficient (Wildman–Crippen LogP) is 2.29. The number of rotatable bonds is 6. The van der Waals surface area contributed by atoms with Crippen LogP contribution in [0.4, 0.5) is 5.95 Å². The van der Waals surface area contributed by atoms with Crippen LogP contribution in [-0.4, -0.2) is 37.8 Å². The molecule has 0 atom stereocenters. The molecule has 0 saturated carbocycles. The van der Waals surface area contributed by atoms with E-state index in [1.54, 1.807) is 0 Å². The second kappa shape index (κ2) is 6.81. The van der Waals surface area contributed by atoms with Crippen LogP contribution in [-0.2, 0) is 10.0 Å². The van der Waals surface area contributed by atoms with Crippen LogP contribution in [0.3, 0.4) is 0 Å². The van der Waals surface area contributed by atoms with Gasteiger partial charge in [0.1, 0.15) is 0 Å². The molecule has 0 saturated heterocycles. The first kappa shape index (κ1) is 16.8. The van der Waals surface area contributed by atoms with Crippen molar-refractivity contribution < 1.29 is 17.9 Å². The number of anilines is 1. The molecule has 0 bridgehead atoms. The SMILES string of the molecule is COc1ccc(S(=O)(=O)Nc2nc(-c3ccccc3)n[nH]2)cc1OC. The van der Waals surface area contributed by atoms with E-state index < -0.39 is 10.0 Å². The standard InChI is InChI=1S/C16H16N4O4S/c1-23-13-9-8-12(10-14(13)24-2)25(21,22)20-16-17-15(18-19-16)11-6-4-3-5-7-11/h3-10H,1-2H3,(H2,17,18,19,20). The molecule has 1 heterocycles. The van der Waals surface area contributed by atoms with Crippen LogP contribution in [0.25, 0.3) is 11.4 Å². The third kappa shape index (κ3) is 3.56. The smallest absolute Gasteiger partial charge is 0.264 e. The Hall–Kier alpha value is -3.07. The lowest BCUT2D eigenvalue weighted by molar-refractivity contribution is 0.354. The molecule has 0 aliphatic rings. The Morgan fingerprint density at radius 1 is 1.00 bits per heavy atom. The Labute approximate surface area is 144 Å². The number of nitrogens with zero attached hydrogens (tertiary/aromatic N) is 2. The summed E-state index contributed by atoms with van der Waals surface area (Å²) in [6.45, 7) is 0.